The van der Waals surface area contributed by atoms with E-state index in [0.717, 1.165) is 47.6 Å². The second-order valence-electron chi connectivity index (χ2n) is 13.8. The Kier molecular flexibility index (Phi) is 12.0. The van der Waals surface area contributed by atoms with E-state index >= 15 is 0 Å². The van der Waals surface area contributed by atoms with Crippen molar-refractivity contribution in [2.45, 2.75) is 97.4 Å². The maximum Gasteiger partial charge on any atom is 0.303 e. The van der Waals surface area contributed by atoms with Crippen molar-refractivity contribution in [1.82, 2.24) is 25.4 Å². The summed E-state index contributed by atoms with van der Waals surface area (Å²) in [5.74, 6) is -1.34. The molecule has 2 aliphatic rings. The van der Waals surface area contributed by atoms with Crippen LogP contribution in [0.2, 0.25) is 0 Å². The lowest BCUT2D eigenvalue weighted by atomic mass is 9.85. The molecule has 2 aromatic rings. The molecule has 0 spiro atoms. The first kappa shape index (κ1) is 35.5. The largest absolute Gasteiger partial charge is 0.481 e. The number of amides is 3. The third-order valence-corrected chi connectivity index (χ3v) is 10.2. The molecule has 0 unspecified atom stereocenters. The fourth-order valence-electron chi connectivity index (χ4n) is 6.33. The predicted molar refractivity (Wildman–Crippen MR) is 177 cm³/mol. The number of aromatic nitrogens is 1. The topological polar surface area (TPSA) is 152 Å². The summed E-state index contributed by atoms with van der Waals surface area (Å²) in [6.07, 6.45) is 2.21. The van der Waals surface area contributed by atoms with Crippen molar-refractivity contribution < 1.29 is 29.4 Å². The van der Waals surface area contributed by atoms with E-state index in [-0.39, 0.29) is 49.6 Å². The number of hydrogen-bond donors (Lipinski definition) is 4. The molecule has 12 heteroatoms. The molecule has 4 rings (SSSR count). The van der Waals surface area contributed by atoms with Gasteiger partial charge in [0.25, 0.3) is 0 Å². The fraction of sp³-hybridized carbons (Fsp3) is 0.618. The molecule has 0 radical (unpaired) electrons. The summed E-state index contributed by atoms with van der Waals surface area (Å²) >= 11 is 1.58. The van der Waals surface area contributed by atoms with Gasteiger partial charge in [0.1, 0.15) is 12.1 Å². The van der Waals surface area contributed by atoms with Crippen LogP contribution in [0.4, 0.5) is 0 Å². The minimum Gasteiger partial charge on any atom is -0.481 e. The normalized spacial score (nSPS) is 20.7. The van der Waals surface area contributed by atoms with E-state index in [4.69, 9.17) is 5.11 Å². The van der Waals surface area contributed by atoms with Crippen LogP contribution in [0.5, 0.6) is 0 Å². The average molecular weight is 656 g/mol. The first-order valence-electron chi connectivity index (χ1n) is 16.3. The van der Waals surface area contributed by atoms with Gasteiger partial charge in [0.2, 0.25) is 17.7 Å². The lowest BCUT2D eigenvalue weighted by Crippen LogP contribution is -2.58. The van der Waals surface area contributed by atoms with Crippen molar-refractivity contribution >= 4 is 35.0 Å². The molecule has 3 heterocycles. The molecular formula is C34H49N5O6S. The van der Waals surface area contributed by atoms with Crippen LogP contribution in [0, 0.1) is 18.3 Å². The third kappa shape index (κ3) is 9.36. The first-order chi connectivity index (χ1) is 21.7. The van der Waals surface area contributed by atoms with Crippen LogP contribution in [-0.2, 0) is 19.2 Å². The molecule has 1 aromatic carbocycles. The standard InChI is InChI=1S/C34H49N5O6S/c1-21(24-7-9-25(10-8-24)30-22(2)35-20-46-30)36-32(44)27-18-26(40)19-39(27)33(45)31(34(3,4)5)37-28(41)14-17-38-15-12-23(13-16-38)6-11-29(42)43/h7-10,20-21,23,26-27,31,40H,6,11-19H2,1-5H3,(H,36,44)(H,37,41)(H,42,43)/t21-,26+,27-,31+/m0/s1. The van der Waals surface area contributed by atoms with Gasteiger partial charge in [-0.25, -0.2) is 4.98 Å². The zero-order valence-electron chi connectivity index (χ0n) is 27.6. The number of thiazole rings is 1. The highest BCUT2D eigenvalue weighted by Gasteiger charge is 2.44. The highest BCUT2D eigenvalue weighted by molar-refractivity contribution is 7.13. The predicted octanol–water partition coefficient (Wildman–Crippen LogP) is 3.76. The van der Waals surface area contributed by atoms with Gasteiger partial charge in [-0.15, -0.1) is 11.3 Å². The molecule has 4 N–H and O–H groups in total. The molecule has 3 amide bonds. The number of carboxylic acid groups (broad SMARTS) is 1. The van der Waals surface area contributed by atoms with Gasteiger partial charge < -0.3 is 30.6 Å². The number of nitrogens with zero attached hydrogens (tertiary/aromatic N) is 3. The molecule has 4 atom stereocenters. The number of aliphatic hydroxyl groups excluding tert-OH is 1. The fourth-order valence-corrected chi connectivity index (χ4v) is 7.15. The van der Waals surface area contributed by atoms with Gasteiger partial charge in [-0.1, -0.05) is 45.0 Å². The zero-order chi connectivity index (χ0) is 33.6. The van der Waals surface area contributed by atoms with Gasteiger partial charge in [0.15, 0.2) is 0 Å². The number of carbonyl (C=O) groups excluding carboxylic acids is 3. The number of carbonyl (C=O) groups is 4. The summed E-state index contributed by atoms with van der Waals surface area (Å²) in [5, 5.41) is 25.4. The highest BCUT2D eigenvalue weighted by Crippen LogP contribution is 2.30. The summed E-state index contributed by atoms with van der Waals surface area (Å²) in [6, 6.07) is 5.91. The molecule has 2 aliphatic heterocycles. The Hall–Kier alpha value is -3.35. The number of rotatable bonds is 12. The Morgan fingerprint density at radius 1 is 1.07 bits per heavy atom. The van der Waals surface area contributed by atoms with Crippen molar-refractivity contribution in [2.75, 3.05) is 26.2 Å². The number of nitrogens with one attached hydrogen (secondary N) is 2. The van der Waals surface area contributed by atoms with Crippen molar-refractivity contribution in [2.24, 2.45) is 11.3 Å². The minimum absolute atomic E-state index is 0.0213. The van der Waals surface area contributed by atoms with E-state index in [1.54, 1.807) is 11.3 Å². The van der Waals surface area contributed by atoms with Gasteiger partial charge in [-0.3, -0.25) is 19.2 Å². The Balaban J connectivity index is 1.33. The summed E-state index contributed by atoms with van der Waals surface area (Å²) < 4.78 is 0. The van der Waals surface area contributed by atoms with Crippen LogP contribution in [-0.4, -0.2) is 93.1 Å². The summed E-state index contributed by atoms with van der Waals surface area (Å²) in [5.41, 5.74) is 4.14. The highest BCUT2D eigenvalue weighted by atomic mass is 32.1. The number of piperidine rings is 1. The number of likely N-dealkylation sites (tertiary alicyclic amines) is 2. The third-order valence-electron chi connectivity index (χ3n) is 9.19. The van der Waals surface area contributed by atoms with E-state index in [2.05, 4.69) is 20.5 Å². The number of β-amino-alcohol motifs (C(OH)–C–C–N with tert-alkyl or cyclic N) is 1. The molecular weight excluding hydrogens is 606 g/mol. The van der Waals surface area contributed by atoms with Crippen LogP contribution in [0.1, 0.15) is 83.5 Å². The van der Waals surface area contributed by atoms with Crippen LogP contribution < -0.4 is 10.6 Å². The molecule has 0 aliphatic carbocycles. The molecule has 0 bridgehead atoms. The zero-order valence-corrected chi connectivity index (χ0v) is 28.4. The molecule has 2 fully saturated rings. The Morgan fingerprint density at radius 2 is 1.74 bits per heavy atom. The number of aliphatic hydroxyl groups is 1. The SMILES string of the molecule is Cc1ncsc1-c1ccc([C@H](C)NC(=O)[C@@H]2C[C@@H](O)CN2C(=O)[C@@H](NC(=O)CCN2CCC(CCC(=O)O)CC2)C(C)(C)C)cc1. The van der Waals surface area contributed by atoms with Gasteiger partial charge >= 0.3 is 5.97 Å². The number of aryl methyl sites for hydroxylation is 1. The number of hydrogen-bond acceptors (Lipinski definition) is 8. The van der Waals surface area contributed by atoms with Crippen LogP contribution >= 0.6 is 11.3 Å². The smallest absolute Gasteiger partial charge is 0.303 e. The monoisotopic (exact) mass is 655 g/mol. The molecule has 11 nitrogen and oxygen atoms in total. The Morgan fingerprint density at radius 3 is 2.33 bits per heavy atom. The summed E-state index contributed by atoms with van der Waals surface area (Å²) in [6.45, 7) is 11.7. The van der Waals surface area contributed by atoms with Gasteiger partial charge in [-0.2, -0.15) is 0 Å². The van der Waals surface area contributed by atoms with Crippen LogP contribution in [0.25, 0.3) is 10.4 Å². The van der Waals surface area contributed by atoms with E-state index in [1.165, 1.54) is 4.90 Å². The van der Waals surface area contributed by atoms with E-state index < -0.39 is 29.6 Å². The molecule has 46 heavy (non-hydrogen) atoms. The van der Waals surface area contributed by atoms with E-state index in [0.29, 0.717) is 18.9 Å². The van der Waals surface area contributed by atoms with E-state index in [9.17, 15) is 24.3 Å². The van der Waals surface area contributed by atoms with Crippen molar-refractivity contribution in [3.8, 4) is 10.4 Å². The average Bonchev–Trinajstić information content (AvgIpc) is 3.62. The van der Waals surface area contributed by atoms with Gasteiger partial charge in [-0.05, 0) is 68.7 Å². The van der Waals surface area contributed by atoms with Crippen molar-refractivity contribution in [3.63, 3.8) is 0 Å². The molecule has 2 saturated heterocycles. The number of carboxylic acids is 1. The molecule has 0 saturated carbocycles. The first-order valence-corrected chi connectivity index (χ1v) is 17.1. The second kappa shape index (κ2) is 15.5. The summed E-state index contributed by atoms with van der Waals surface area (Å²) in [7, 11) is 0. The van der Waals surface area contributed by atoms with Gasteiger partial charge in [0.05, 0.1) is 28.2 Å². The molecule has 1 aromatic heterocycles. The lowest BCUT2D eigenvalue weighted by molar-refractivity contribution is -0.144. The maximum atomic E-state index is 13.9. The maximum absolute atomic E-state index is 13.9. The van der Waals surface area contributed by atoms with Crippen molar-refractivity contribution in [3.05, 3.63) is 41.0 Å². The Labute approximate surface area is 275 Å². The number of aliphatic carboxylic acids is 1. The van der Waals surface area contributed by atoms with Crippen molar-refractivity contribution in [1.29, 1.82) is 0 Å². The van der Waals surface area contributed by atoms with E-state index in [1.807, 2.05) is 64.4 Å². The quantitative estimate of drug-likeness (QED) is 0.270. The van der Waals surface area contributed by atoms with Crippen LogP contribution in [0.3, 0.4) is 0 Å². The summed E-state index contributed by atoms with van der Waals surface area (Å²) in [4.78, 5) is 60.5. The number of benzene rings is 1. The second-order valence-corrected chi connectivity index (χ2v) is 14.7. The minimum atomic E-state index is -0.873. The van der Waals surface area contributed by atoms with Gasteiger partial charge in [0, 0.05) is 32.4 Å². The van der Waals surface area contributed by atoms with Crippen LogP contribution in [0.15, 0.2) is 29.8 Å². The molecule has 252 valence electrons. The lowest BCUT2D eigenvalue weighted by Gasteiger charge is -2.36. The Bertz CT molecular complexity index is 1360.